The van der Waals surface area contributed by atoms with Crippen LogP contribution in [0.2, 0.25) is 0 Å². The quantitative estimate of drug-likeness (QED) is 0.887. The van der Waals surface area contributed by atoms with Gasteiger partial charge in [0.05, 0.1) is 0 Å². The van der Waals surface area contributed by atoms with Crippen LogP contribution in [-0.2, 0) is 6.42 Å². The molecule has 1 aliphatic rings. The van der Waals surface area contributed by atoms with Crippen molar-refractivity contribution in [3.05, 3.63) is 66.2 Å². The Balaban J connectivity index is 1.51. The first kappa shape index (κ1) is 15.1. The van der Waals surface area contributed by atoms with Crippen LogP contribution in [0.25, 0.3) is 0 Å². The third kappa shape index (κ3) is 4.33. The summed E-state index contributed by atoms with van der Waals surface area (Å²) < 4.78 is 5.85. The van der Waals surface area contributed by atoms with Crippen molar-refractivity contribution < 1.29 is 4.74 Å². The largest absolute Gasteiger partial charge is 0.492 e. The number of nitrogens with one attached hydrogen (secondary N) is 1. The Hall–Kier alpha value is -1.84. The van der Waals surface area contributed by atoms with Gasteiger partial charge in [-0.05, 0) is 24.1 Å². The molecule has 0 aliphatic carbocycles. The molecule has 2 aromatic rings. The fourth-order valence-corrected chi connectivity index (χ4v) is 2.98. The summed E-state index contributed by atoms with van der Waals surface area (Å²) in [4.78, 5) is 2.55. The van der Waals surface area contributed by atoms with E-state index in [4.69, 9.17) is 4.74 Å². The highest BCUT2D eigenvalue weighted by atomic mass is 16.5. The molecule has 3 nitrogen and oxygen atoms in total. The third-order valence-electron chi connectivity index (χ3n) is 4.18. The molecule has 0 aromatic heterocycles. The predicted molar refractivity (Wildman–Crippen MR) is 90.3 cm³/mol. The number of ether oxygens (including phenoxy) is 1. The van der Waals surface area contributed by atoms with Crippen LogP contribution in [0.15, 0.2) is 60.7 Å². The number of para-hydroxylation sites is 1. The van der Waals surface area contributed by atoms with Crippen molar-refractivity contribution in [2.45, 2.75) is 12.5 Å². The van der Waals surface area contributed by atoms with Gasteiger partial charge in [-0.25, -0.2) is 0 Å². The zero-order valence-corrected chi connectivity index (χ0v) is 12.9. The summed E-state index contributed by atoms with van der Waals surface area (Å²) in [6, 6.07) is 21.4. The van der Waals surface area contributed by atoms with Gasteiger partial charge in [-0.15, -0.1) is 0 Å². The molecule has 1 aliphatic heterocycles. The van der Waals surface area contributed by atoms with Gasteiger partial charge in [0.2, 0.25) is 0 Å². The first-order valence-corrected chi connectivity index (χ1v) is 8.08. The monoisotopic (exact) mass is 296 g/mol. The van der Waals surface area contributed by atoms with E-state index in [-0.39, 0.29) is 0 Å². The van der Waals surface area contributed by atoms with Gasteiger partial charge in [0, 0.05) is 32.2 Å². The second-order valence-corrected chi connectivity index (χ2v) is 5.75. The molecule has 1 N–H and O–H groups in total. The molecule has 3 rings (SSSR count). The summed E-state index contributed by atoms with van der Waals surface area (Å²) in [5.74, 6) is 0.956. The third-order valence-corrected chi connectivity index (χ3v) is 4.18. The van der Waals surface area contributed by atoms with E-state index in [0.29, 0.717) is 6.04 Å². The Morgan fingerprint density at radius 1 is 1.00 bits per heavy atom. The van der Waals surface area contributed by atoms with Crippen LogP contribution in [0, 0.1) is 0 Å². The molecule has 1 heterocycles. The van der Waals surface area contributed by atoms with Crippen molar-refractivity contribution in [1.82, 2.24) is 10.2 Å². The van der Waals surface area contributed by atoms with Crippen LogP contribution in [0.4, 0.5) is 0 Å². The van der Waals surface area contributed by atoms with E-state index in [2.05, 4.69) is 40.5 Å². The molecular weight excluding hydrogens is 272 g/mol. The summed E-state index contributed by atoms with van der Waals surface area (Å²) >= 11 is 0. The summed E-state index contributed by atoms with van der Waals surface area (Å²) in [6.45, 7) is 4.94. The number of hydrogen-bond acceptors (Lipinski definition) is 3. The minimum absolute atomic E-state index is 0.551. The molecule has 3 heteroatoms. The van der Waals surface area contributed by atoms with E-state index < -0.39 is 0 Å². The summed E-state index contributed by atoms with van der Waals surface area (Å²) in [6.07, 6.45) is 1.10. The lowest BCUT2D eigenvalue weighted by Crippen LogP contribution is -2.53. The number of rotatable bonds is 6. The fourth-order valence-electron chi connectivity index (χ4n) is 2.98. The number of benzene rings is 2. The van der Waals surface area contributed by atoms with E-state index in [1.807, 2.05) is 30.3 Å². The topological polar surface area (TPSA) is 24.5 Å². The smallest absolute Gasteiger partial charge is 0.119 e. The lowest BCUT2D eigenvalue weighted by atomic mass is 10.0. The fraction of sp³-hybridized carbons (Fsp3) is 0.368. The van der Waals surface area contributed by atoms with Crippen molar-refractivity contribution in [3.8, 4) is 5.75 Å². The van der Waals surface area contributed by atoms with Crippen LogP contribution < -0.4 is 10.1 Å². The average Bonchev–Trinajstić information content (AvgIpc) is 2.58. The maximum Gasteiger partial charge on any atom is 0.119 e. The number of nitrogens with zero attached hydrogens (tertiary/aromatic N) is 1. The molecule has 1 unspecified atom stereocenters. The maximum absolute atomic E-state index is 5.85. The molecule has 0 saturated carbocycles. The second-order valence-electron chi connectivity index (χ2n) is 5.75. The van der Waals surface area contributed by atoms with Crippen molar-refractivity contribution in [3.63, 3.8) is 0 Å². The first-order chi connectivity index (χ1) is 10.9. The zero-order valence-electron chi connectivity index (χ0n) is 12.9. The van der Waals surface area contributed by atoms with E-state index >= 15 is 0 Å². The molecule has 0 spiro atoms. The van der Waals surface area contributed by atoms with Crippen molar-refractivity contribution in [2.75, 3.05) is 32.8 Å². The minimum Gasteiger partial charge on any atom is -0.492 e. The Morgan fingerprint density at radius 3 is 2.50 bits per heavy atom. The summed E-state index contributed by atoms with van der Waals surface area (Å²) in [5.41, 5.74) is 1.41. The zero-order chi connectivity index (χ0) is 15.0. The first-order valence-electron chi connectivity index (χ1n) is 8.08. The Labute approximate surface area is 132 Å². The standard InChI is InChI=1S/C19H24N2O/c1-3-7-17(8-4-1)15-18-16-20-11-12-21(18)13-14-22-19-9-5-2-6-10-19/h1-10,18,20H,11-16H2. The van der Waals surface area contributed by atoms with Gasteiger partial charge in [0.25, 0.3) is 0 Å². The van der Waals surface area contributed by atoms with Gasteiger partial charge < -0.3 is 10.1 Å². The van der Waals surface area contributed by atoms with Gasteiger partial charge >= 0.3 is 0 Å². The number of hydrogen-bond donors (Lipinski definition) is 1. The van der Waals surface area contributed by atoms with Crippen molar-refractivity contribution in [2.24, 2.45) is 0 Å². The van der Waals surface area contributed by atoms with Crippen LogP contribution in [0.5, 0.6) is 5.75 Å². The highest BCUT2D eigenvalue weighted by Gasteiger charge is 2.22. The molecule has 116 valence electrons. The van der Waals surface area contributed by atoms with Gasteiger partial charge in [-0.3, -0.25) is 4.90 Å². The van der Waals surface area contributed by atoms with Crippen LogP contribution in [0.3, 0.4) is 0 Å². The lowest BCUT2D eigenvalue weighted by molar-refractivity contribution is 0.133. The molecule has 22 heavy (non-hydrogen) atoms. The molecule has 1 fully saturated rings. The lowest BCUT2D eigenvalue weighted by Gasteiger charge is -2.36. The Bertz CT molecular complexity index is 544. The molecule has 1 atom stereocenters. The molecular formula is C19H24N2O. The van der Waals surface area contributed by atoms with Crippen LogP contribution >= 0.6 is 0 Å². The van der Waals surface area contributed by atoms with Gasteiger partial charge in [-0.1, -0.05) is 48.5 Å². The van der Waals surface area contributed by atoms with E-state index in [1.165, 1.54) is 5.56 Å². The highest BCUT2D eigenvalue weighted by molar-refractivity contribution is 5.21. The second kappa shape index (κ2) is 7.97. The molecule has 0 bridgehead atoms. The SMILES string of the molecule is c1ccc(CC2CNCCN2CCOc2ccccc2)cc1. The van der Waals surface area contributed by atoms with E-state index in [9.17, 15) is 0 Å². The van der Waals surface area contributed by atoms with Gasteiger partial charge in [0.15, 0.2) is 0 Å². The predicted octanol–water partition coefficient (Wildman–Crippen LogP) is 2.58. The highest BCUT2D eigenvalue weighted by Crippen LogP contribution is 2.12. The molecule has 0 radical (unpaired) electrons. The average molecular weight is 296 g/mol. The van der Waals surface area contributed by atoms with Crippen LogP contribution in [0.1, 0.15) is 5.56 Å². The normalized spacial score (nSPS) is 19.0. The minimum atomic E-state index is 0.551. The molecule has 2 aromatic carbocycles. The van der Waals surface area contributed by atoms with Gasteiger partial charge in [0.1, 0.15) is 12.4 Å². The van der Waals surface area contributed by atoms with Crippen LogP contribution in [-0.4, -0.2) is 43.7 Å². The Kier molecular flexibility index (Phi) is 5.46. The summed E-state index contributed by atoms with van der Waals surface area (Å²) in [5, 5.41) is 3.51. The van der Waals surface area contributed by atoms with Crippen molar-refractivity contribution in [1.29, 1.82) is 0 Å². The summed E-state index contributed by atoms with van der Waals surface area (Å²) in [7, 11) is 0. The van der Waals surface area contributed by atoms with E-state index in [1.54, 1.807) is 0 Å². The van der Waals surface area contributed by atoms with Crippen molar-refractivity contribution >= 4 is 0 Å². The maximum atomic E-state index is 5.85. The van der Waals surface area contributed by atoms with E-state index in [0.717, 1.165) is 45.0 Å². The number of piperazine rings is 1. The Morgan fingerprint density at radius 2 is 1.73 bits per heavy atom. The molecule has 0 amide bonds. The van der Waals surface area contributed by atoms with Gasteiger partial charge in [-0.2, -0.15) is 0 Å². The molecule has 1 saturated heterocycles.